The van der Waals surface area contributed by atoms with Crippen molar-refractivity contribution in [2.24, 2.45) is 0 Å². The predicted molar refractivity (Wildman–Crippen MR) is 105 cm³/mol. The van der Waals surface area contributed by atoms with Gasteiger partial charge in [0.25, 0.3) is 5.91 Å². The van der Waals surface area contributed by atoms with Crippen LogP contribution in [0.5, 0.6) is 0 Å². The summed E-state index contributed by atoms with van der Waals surface area (Å²) >= 11 is 0. The molecule has 0 spiro atoms. The van der Waals surface area contributed by atoms with E-state index < -0.39 is 5.54 Å². The van der Waals surface area contributed by atoms with Crippen LogP contribution < -0.4 is 10.6 Å². The number of halogens is 1. The Balaban J connectivity index is 1.73. The van der Waals surface area contributed by atoms with Crippen LogP contribution in [-0.2, 0) is 4.79 Å². The number of nitrogens with one attached hydrogen (secondary N) is 2. The summed E-state index contributed by atoms with van der Waals surface area (Å²) in [4.78, 5) is 25.7. The molecule has 1 fully saturated rings. The number of carbonyl (C=O) groups is 2. The van der Waals surface area contributed by atoms with E-state index in [9.17, 15) is 14.0 Å². The van der Waals surface area contributed by atoms with Crippen molar-refractivity contribution in [3.63, 3.8) is 0 Å². The summed E-state index contributed by atoms with van der Waals surface area (Å²) in [5, 5.41) is 10.2. The molecule has 1 heterocycles. The molecule has 1 saturated carbocycles. The van der Waals surface area contributed by atoms with Crippen LogP contribution in [0, 0.1) is 5.82 Å². The molecule has 1 aliphatic carbocycles. The highest BCUT2D eigenvalue weighted by molar-refractivity contribution is 5.98. The summed E-state index contributed by atoms with van der Waals surface area (Å²) in [5.41, 5.74) is 0.0173. The van der Waals surface area contributed by atoms with Gasteiger partial charge in [-0.3, -0.25) is 9.59 Å². The van der Waals surface area contributed by atoms with Crippen molar-refractivity contribution in [1.82, 2.24) is 20.4 Å². The third kappa shape index (κ3) is 4.58. The molecule has 0 aliphatic heterocycles. The monoisotopic (exact) mass is 386 g/mol. The molecular weight excluding hydrogens is 359 g/mol. The first-order valence-electron chi connectivity index (χ1n) is 9.96. The molecule has 2 amide bonds. The van der Waals surface area contributed by atoms with E-state index in [1.807, 2.05) is 0 Å². The Bertz CT molecular complexity index is 810. The lowest BCUT2D eigenvalue weighted by molar-refractivity contribution is -0.128. The first-order chi connectivity index (χ1) is 13.5. The number of unbranched alkanes of at least 4 members (excludes halogenated alkanes) is 1. The highest BCUT2D eigenvalue weighted by Gasteiger charge is 2.41. The molecule has 0 saturated heterocycles. The molecule has 7 heteroatoms. The van der Waals surface area contributed by atoms with Gasteiger partial charge in [-0.25, -0.2) is 9.07 Å². The van der Waals surface area contributed by atoms with Gasteiger partial charge in [-0.05, 0) is 49.6 Å². The summed E-state index contributed by atoms with van der Waals surface area (Å²) in [5.74, 6) is -0.803. The van der Waals surface area contributed by atoms with Crippen molar-refractivity contribution in [2.45, 2.75) is 57.4 Å². The highest BCUT2D eigenvalue weighted by Crippen LogP contribution is 2.29. The quantitative estimate of drug-likeness (QED) is 0.717. The Hall–Kier alpha value is -2.70. The maximum atomic E-state index is 13.1. The fourth-order valence-corrected chi connectivity index (χ4v) is 3.58. The van der Waals surface area contributed by atoms with Gasteiger partial charge in [0, 0.05) is 12.7 Å². The minimum atomic E-state index is -0.872. The maximum Gasteiger partial charge on any atom is 0.272 e. The van der Waals surface area contributed by atoms with Gasteiger partial charge in [0.1, 0.15) is 11.4 Å². The van der Waals surface area contributed by atoms with E-state index in [0.29, 0.717) is 25.1 Å². The molecule has 6 nitrogen and oxygen atoms in total. The lowest BCUT2D eigenvalue weighted by Crippen LogP contribution is -2.59. The number of benzene rings is 1. The second-order valence-electron chi connectivity index (χ2n) is 7.33. The third-order valence-corrected chi connectivity index (χ3v) is 5.22. The summed E-state index contributed by atoms with van der Waals surface area (Å²) in [6.45, 7) is 2.69. The zero-order chi connectivity index (χ0) is 20.0. The van der Waals surface area contributed by atoms with Crippen LogP contribution in [0.25, 0.3) is 5.69 Å². The molecule has 2 aromatic rings. The minimum absolute atomic E-state index is 0.105. The lowest BCUT2D eigenvalue weighted by atomic mass is 9.80. The molecular formula is C21H27FN4O2. The van der Waals surface area contributed by atoms with Gasteiger partial charge >= 0.3 is 0 Å². The maximum absolute atomic E-state index is 13.1. The largest absolute Gasteiger partial charge is 0.354 e. The van der Waals surface area contributed by atoms with Crippen molar-refractivity contribution in [3.8, 4) is 5.69 Å². The fourth-order valence-electron chi connectivity index (χ4n) is 3.58. The number of hydrogen-bond acceptors (Lipinski definition) is 3. The van der Waals surface area contributed by atoms with Gasteiger partial charge < -0.3 is 10.6 Å². The van der Waals surface area contributed by atoms with Crippen molar-refractivity contribution in [1.29, 1.82) is 0 Å². The molecule has 3 rings (SSSR count). The first-order valence-corrected chi connectivity index (χ1v) is 9.96. The molecule has 2 N–H and O–H groups in total. The fraction of sp³-hybridized carbons (Fsp3) is 0.476. The van der Waals surface area contributed by atoms with Crippen molar-refractivity contribution >= 4 is 11.8 Å². The number of hydrogen-bond donors (Lipinski definition) is 2. The van der Waals surface area contributed by atoms with E-state index in [1.165, 1.54) is 16.8 Å². The van der Waals surface area contributed by atoms with Gasteiger partial charge in [0.2, 0.25) is 5.91 Å². The Labute approximate surface area is 164 Å². The summed E-state index contributed by atoms with van der Waals surface area (Å²) < 4.78 is 14.6. The van der Waals surface area contributed by atoms with Crippen LogP contribution in [0.1, 0.15) is 62.4 Å². The Morgan fingerprint density at radius 3 is 2.54 bits per heavy atom. The SMILES string of the molecule is CCCCNC(=O)C1(NC(=O)c2ccn(-c3ccc(F)cc3)n2)CCCCC1. The molecule has 0 unspecified atom stereocenters. The average Bonchev–Trinajstić information content (AvgIpc) is 3.20. The first kappa shape index (κ1) is 20.0. The smallest absolute Gasteiger partial charge is 0.272 e. The normalized spacial score (nSPS) is 15.8. The number of nitrogens with zero attached hydrogens (tertiary/aromatic N) is 2. The minimum Gasteiger partial charge on any atom is -0.354 e. The second-order valence-corrected chi connectivity index (χ2v) is 7.33. The molecule has 1 aliphatic rings. The van der Waals surface area contributed by atoms with E-state index in [1.54, 1.807) is 24.4 Å². The van der Waals surface area contributed by atoms with E-state index in [4.69, 9.17) is 0 Å². The Morgan fingerprint density at radius 1 is 1.14 bits per heavy atom. The van der Waals surface area contributed by atoms with Crippen LogP contribution in [0.15, 0.2) is 36.5 Å². The zero-order valence-corrected chi connectivity index (χ0v) is 16.2. The molecule has 150 valence electrons. The molecule has 28 heavy (non-hydrogen) atoms. The van der Waals surface area contributed by atoms with E-state index in [0.717, 1.165) is 32.1 Å². The molecule has 1 aromatic heterocycles. The van der Waals surface area contributed by atoms with Crippen LogP contribution >= 0.6 is 0 Å². The van der Waals surface area contributed by atoms with E-state index in [-0.39, 0.29) is 23.3 Å². The number of carbonyl (C=O) groups excluding carboxylic acids is 2. The van der Waals surface area contributed by atoms with Gasteiger partial charge in [0.15, 0.2) is 5.69 Å². The standard InChI is InChI=1S/C21H27FN4O2/c1-2-3-14-23-20(28)21(12-5-4-6-13-21)24-19(27)18-11-15-26(25-18)17-9-7-16(22)8-10-17/h7-11,15H,2-6,12-14H2,1H3,(H,23,28)(H,24,27). The molecule has 0 atom stereocenters. The number of rotatable bonds is 7. The average molecular weight is 386 g/mol. The Kier molecular flexibility index (Phi) is 6.44. The van der Waals surface area contributed by atoms with Crippen LogP contribution in [0.2, 0.25) is 0 Å². The van der Waals surface area contributed by atoms with E-state index in [2.05, 4.69) is 22.7 Å². The lowest BCUT2D eigenvalue weighted by Gasteiger charge is -2.36. The summed E-state index contributed by atoms with van der Waals surface area (Å²) in [6, 6.07) is 7.47. The predicted octanol–water partition coefficient (Wildman–Crippen LogP) is 3.36. The van der Waals surface area contributed by atoms with Gasteiger partial charge in [0.05, 0.1) is 5.69 Å². The molecule has 0 radical (unpaired) electrons. The second kappa shape index (κ2) is 8.99. The highest BCUT2D eigenvalue weighted by atomic mass is 19.1. The number of amides is 2. The van der Waals surface area contributed by atoms with Gasteiger partial charge in [-0.2, -0.15) is 5.10 Å². The van der Waals surface area contributed by atoms with Crippen molar-refractivity contribution < 1.29 is 14.0 Å². The van der Waals surface area contributed by atoms with Gasteiger partial charge in [-0.15, -0.1) is 0 Å². The van der Waals surface area contributed by atoms with Crippen molar-refractivity contribution in [2.75, 3.05) is 6.54 Å². The van der Waals surface area contributed by atoms with Crippen LogP contribution in [0.4, 0.5) is 4.39 Å². The third-order valence-electron chi connectivity index (χ3n) is 5.22. The summed E-state index contributed by atoms with van der Waals surface area (Å²) in [6.07, 6.45) is 7.72. The van der Waals surface area contributed by atoms with Crippen LogP contribution in [0.3, 0.4) is 0 Å². The molecule has 0 bridgehead atoms. The van der Waals surface area contributed by atoms with Gasteiger partial charge in [-0.1, -0.05) is 32.6 Å². The van der Waals surface area contributed by atoms with Crippen molar-refractivity contribution in [3.05, 3.63) is 48.0 Å². The number of aromatic nitrogens is 2. The molecule has 1 aromatic carbocycles. The van der Waals surface area contributed by atoms with Crippen LogP contribution in [-0.4, -0.2) is 33.7 Å². The van der Waals surface area contributed by atoms with E-state index >= 15 is 0 Å². The Morgan fingerprint density at radius 2 is 1.86 bits per heavy atom. The zero-order valence-electron chi connectivity index (χ0n) is 16.2. The topological polar surface area (TPSA) is 76.0 Å². The summed E-state index contributed by atoms with van der Waals surface area (Å²) in [7, 11) is 0.